The van der Waals surface area contributed by atoms with Gasteiger partial charge in [-0.1, -0.05) is 17.7 Å². The van der Waals surface area contributed by atoms with Gasteiger partial charge in [-0.3, -0.25) is 0 Å². The van der Waals surface area contributed by atoms with E-state index in [1.165, 1.54) is 0 Å². The van der Waals surface area contributed by atoms with Gasteiger partial charge in [-0.2, -0.15) is 5.26 Å². The monoisotopic (exact) mass is 257 g/mol. The first kappa shape index (κ1) is 12.3. The topological polar surface area (TPSA) is 61.8 Å². The summed E-state index contributed by atoms with van der Waals surface area (Å²) in [7, 11) is 0. The Bertz CT molecular complexity index is 629. The van der Waals surface area contributed by atoms with Crippen LogP contribution in [0.2, 0.25) is 5.02 Å². The summed E-state index contributed by atoms with van der Waals surface area (Å²) in [6.07, 6.45) is 0. The van der Waals surface area contributed by atoms with Gasteiger partial charge < -0.3 is 11.1 Å². The second kappa shape index (κ2) is 4.99. The van der Waals surface area contributed by atoms with Crippen LogP contribution in [-0.2, 0) is 0 Å². The van der Waals surface area contributed by atoms with Gasteiger partial charge in [0.1, 0.15) is 6.07 Å². The third-order valence-corrected chi connectivity index (χ3v) is 2.89. The molecule has 0 heterocycles. The van der Waals surface area contributed by atoms with Crippen molar-refractivity contribution in [1.82, 2.24) is 0 Å². The van der Waals surface area contributed by atoms with Gasteiger partial charge in [0, 0.05) is 16.4 Å². The Morgan fingerprint density at radius 1 is 1.22 bits per heavy atom. The zero-order valence-electron chi connectivity index (χ0n) is 9.87. The van der Waals surface area contributed by atoms with Gasteiger partial charge in [0.15, 0.2) is 0 Å². The lowest BCUT2D eigenvalue weighted by molar-refractivity contribution is 1.42. The van der Waals surface area contributed by atoms with Gasteiger partial charge in [0.25, 0.3) is 0 Å². The van der Waals surface area contributed by atoms with Crippen LogP contribution in [-0.4, -0.2) is 0 Å². The van der Waals surface area contributed by atoms with Gasteiger partial charge in [-0.15, -0.1) is 0 Å². The number of benzene rings is 2. The Hall–Kier alpha value is -2.18. The van der Waals surface area contributed by atoms with Crippen LogP contribution in [0.15, 0.2) is 36.4 Å². The van der Waals surface area contributed by atoms with E-state index in [4.69, 9.17) is 22.6 Å². The molecule has 0 unspecified atom stereocenters. The fourth-order valence-electron chi connectivity index (χ4n) is 1.63. The molecule has 0 saturated heterocycles. The van der Waals surface area contributed by atoms with Crippen molar-refractivity contribution in [1.29, 1.82) is 5.26 Å². The molecule has 0 amide bonds. The molecule has 0 aliphatic rings. The largest absolute Gasteiger partial charge is 0.398 e. The maximum absolute atomic E-state index is 8.81. The molecule has 2 rings (SSSR count). The van der Waals surface area contributed by atoms with Crippen LogP contribution in [0.5, 0.6) is 0 Å². The lowest BCUT2D eigenvalue weighted by Crippen LogP contribution is -1.96. The highest BCUT2D eigenvalue weighted by Crippen LogP contribution is 2.26. The number of nitrogens with one attached hydrogen (secondary N) is 1. The second-order valence-electron chi connectivity index (χ2n) is 4.00. The molecule has 3 nitrogen and oxygen atoms in total. The van der Waals surface area contributed by atoms with Gasteiger partial charge in [0.05, 0.1) is 11.3 Å². The first-order chi connectivity index (χ1) is 8.60. The molecule has 2 aromatic rings. The highest BCUT2D eigenvalue weighted by Gasteiger charge is 2.03. The Balaban J connectivity index is 2.32. The van der Waals surface area contributed by atoms with Crippen LogP contribution in [0, 0.1) is 18.3 Å². The van der Waals surface area contributed by atoms with Gasteiger partial charge in [-0.25, -0.2) is 0 Å². The van der Waals surface area contributed by atoms with Crippen LogP contribution >= 0.6 is 11.6 Å². The molecule has 0 aliphatic heterocycles. The minimum absolute atomic E-state index is 0.460. The van der Waals surface area contributed by atoms with Crippen molar-refractivity contribution in [3.8, 4) is 6.07 Å². The predicted molar refractivity (Wildman–Crippen MR) is 75.0 cm³/mol. The molecule has 0 spiro atoms. The van der Waals surface area contributed by atoms with Crippen LogP contribution in [0.3, 0.4) is 0 Å². The van der Waals surface area contributed by atoms with Crippen molar-refractivity contribution < 1.29 is 0 Å². The predicted octanol–water partition coefficient (Wildman–Crippen LogP) is 3.85. The zero-order valence-corrected chi connectivity index (χ0v) is 10.6. The Morgan fingerprint density at radius 2 is 2.00 bits per heavy atom. The van der Waals surface area contributed by atoms with E-state index < -0.39 is 0 Å². The van der Waals surface area contributed by atoms with Crippen LogP contribution < -0.4 is 11.1 Å². The molecule has 0 aliphatic carbocycles. The standard InChI is InChI=1S/C14H12ClN3/c1-9-2-4-11(15)6-14(9)18-12-5-3-10(8-16)13(17)7-12/h2-7,18H,17H2,1H3. The van der Waals surface area contributed by atoms with E-state index in [-0.39, 0.29) is 0 Å². The number of nitrogen functional groups attached to an aromatic ring is 1. The lowest BCUT2D eigenvalue weighted by atomic mass is 10.1. The zero-order chi connectivity index (χ0) is 13.1. The molecule has 0 fully saturated rings. The fraction of sp³-hybridized carbons (Fsp3) is 0.0714. The van der Waals surface area contributed by atoms with Crippen molar-refractivity contribution in [2.24, 2.45) is 0 Å². The minimum Gasteiger partial charge on any atom is -0.398 e. The molecule has 0 bridgehead atoms. The highest BCUT2D eigenvalue weighted by molar-refractivity contribution is 6.30. The molecule has 3 N–H and O–H groups in total. The Kier molecular flexibility index (Phi) is 3.40. The van der Waals surface area contributed by atoms with Crippen LogP contribution in [0.1, 0.15) is 11.1 Å². The first-order valence-electron chi connectivity index (χ1n) is 5.43. The molecule has 0 atom stereocenters. The number of rotatable bonds is 2. The third kappa shape index (κ3) is 2.55. The summed E-state index contributed by atoms with van der Waals surface area (Å²) < 4.78 is 0. The summed E-state index contributed by atoms with van der Waals surface area (Å²) >= 11 is 5.95. The number of nitrogens with two attached hydrogens (primary N) is 1. The molecular weight excluding hydrogens is 246 g/mol. The Morgan fingerprint density at radius 3 is 2.67 bits per heavy atom. The maximum atomic E-state index is 8.81. The molecule has 0 saturated carbocycles. The maximum Gasteiger partial charge on any atom is 0.101 e. The van der Waals surface area contributed by atoms with E-state index in [2.05, 4.69) is 5.32 Å². The number of hydrogen-bond donors (Lipinski definition) is 2. The number of halogens is 1. The molecule has 2 aromatic carbocycles. The minimum atomic E-state index is 0.460. The van der Waals surface area contributed by atoms with Crippen LogP contribution in [0.25, 0.3) is 0 Å². The van der Waals surface area contributed by atoms with E-state index in [1.54, 1.807) is 12.1 Å². The number of nitriles is 1. The number of aryl methyl sites for hydroxylation is 1. The average molecular weight is 258 g/mol. The molecule has 4 heteroatoms. The van der Waals surface area contributed by atoms with Crippen molar-refractivity contribution in [2.45, 2.75) is 6.92 Å². The molecular formula is C14H12ClN3. The van der Waals surface area contributed by atoms with E-state index >= 15 is 0 Å². The number of hydrogen-bond acceptors (Lipinski definition) is 3. The van der Waals surface area contributed by atoms with Crippen molar-refractivity contribution >= 4 is 28.7 Å². The lowest BCUT2D eigenvalue weighted by Gasteiger charge is -2.11. The van der Waals surface area contributed by atoms with E-state index in [1.807, 2.05) is 37.3 Å². The van der Waals surface area contributed by atoms with E-state index in [9.17, 15) is 0 Å². The van der Waals surface area contributed by atoms with Gasteiger partial charge in [-0.05, 0) is 42.8 Å². The fourth-order valence-corrected chi connectivity index (χ4v) is 1.80. The quantitative estimate of drug-likeness (QED) is 0.804. The molecule has 0 radical (unpaired) electrons. The summed E-state index contributed by atoms with van der Waals surface area (Å²) in [6, 6.07) is 12.9. The smallest absolute Gasteiger partial charge is 0.101 e. The summed E-state index contributed by atoms with van der Waals surface area (Å²) in [4.78, 5) is 0. The first-order valence-corrected chi connectivity index (χ1v) is 5.81. The van der Waals surface area contributed by atoms with Gasteiger partial charge >= 0.3 is 0 Å². The molecule has 90 valence electrons. The van der Waals surface area contributed by atoms with Crippen molar-refractivity contribution in [3.63, 3.8) is 0 Å². The summed E-state index contributed by atoms with van der Waals surface area (Å²) in [5.41, 5.74) is 9.54. The van der Waals surface area contributed by atoms with Crippen molar-refractivity contribution in [2.75, 3.05) is 11.1 Å². The van der Waals surface area contributed by atoms with Crippen LogP contribution in [0.4, 0.5) is 17.1 Å². The van der Waals surface area contributed by atoms with E-state index in [0.717, 1.165) is 16.9 Å². The average Bonchev–Trinajstić information content (AvgIpc) is 2.34. The highest BCUT2D eigenvalue weighted by atomic mass is 35.5. The summed E-state index contributed by atoms with van der Waals surface area (Å²) in [5, 5.41) is 12.7. The number of anilines is 3. The van der Waals surface area contributed by atoms with E-state index in [0.29, 0.717) is 16.3 Å². The molecule has 18 heavy (non-hydrogen) atoms. The SMILES string of the molecule is Cc1ccc(Cl)cc1Nc1ccc(C#N)c(N)c1. The molecule has 0 aromatic heterocycles. The third-order valence-electron chi connectivity index (χ3n) is 2.65. The number of nitrogens with zero attached hydrogens (tertiary/aromatic N) is 1. The van der Waals surface area contributed by atoms with Gasteiger partial charge in [0.2, 0.25) is 0 Å². The second-order valence-corrected chi connectivity index (χ2v) is 4.43. The Labute approximate surface area is 111 Å². The normalized spacial score (nSPS) is 9.83. The van der Waals surface area contributed by atoms with Crippen molar-refractivity contribution in [3.05, 3.63) is 52.5 Å². The summed E-state index contributed by atoms with van der Waals surface area (Å²) in [6.45, 7) is 1.99. The summed E-state index contributed by atoms with van der Waals surface area (Å²) in [5.74, 6) is 0.